The van der Waals surface area contributed by atoms with E-state index in [-0.39, 0.29) is 24.8 Å². The fourth-order valence-electron chi connectivity index (χ4n) is 3.82. The molecule has 0 aliphatic carbocycles. The molecule has 0 saturated carbocycles. The van der Waals surface area contributed by atoms with Crippen LogP contribution in [-0.2, 0) is 29.0 Å². The number of amides is 2. The highest BCUT2D eigenvalue weighted by Crippen LogP contribution is 2.24. The van der Waals surface area contributed by atoms with Crippen LogP contribution < -0.4 is 5.32 Å². The number of carbonyl (C=O) groups excluding carboxylic acids is 2. The standard InChI is InChI=1S/C28H29Cl3N2O2/c1-2-3-14-32-28(35)26(17-20-8-5-4-6-9-20)33(19-22-10-7-11-23(29)15-22)27(34)18-21-12-13-24(30)25(31)16-21/h4-13,15-16,26H,2-3,14,17-19H2,1H3,(H,32,35). The van der Waals surface area contributed by atoms with Crippen LogP contribution >= 0.6 is 34.8 Å². The molecule has 0 saturated heterocycles. The highest BCUT2D eigenvalue weighted by Gasteiger charge is 2.30. The summed E-state index contributed by atoms with van der Waals surface area (Å²) in [5.41, 5.74) is 2.55. The van der Waals surface area contributed by atoms with E-state index in [0.29, 0.717) is 28.0 Å². The van der Waals surface area contributed by atoms with Crippen molar-refractivity contribution < 1.29 is 9.59 Å². The second-order valence-electron chi connectivity index (χ2n) is 8.43. The van der Waals surface area contributed by atoms with Gasteiger partial charge in [0, 0.05) is 24.5 Å². The van der Waals surface area contributed by atoms with Gasteiger partial charge in [-0.15, -0.1) is 0 Å². The first-order chi connectivity index (χ1) is 16.9. The molecule has 4 nitrogen and oxygen atoms in total. The van der Waals surface area contributed by atoms with Crippen molar-refractivity contribution in [3.05, 3.63) is 105 Å². The van der Waals surface area contributed by atoms with Crippen molar-refractivity contribution in [2.45, 2.75) is 45.2 Å². The Morgan fingerprint density at radius 1 is 0.857 bits per heavy atom. The molecule has 0 spiro atoms. The van der Waals surface area contributed by atoms with Crippen molar-refractivity contribution in [3.8, 4) is 0 Å². The lowest BCUT2D eigenvalue weighted by atomic mass is 10.0. The first kappa shape index (κ1) is 27.1. The Morgan fingerprint density at radius 3 is 2.29 bits per heavy atom. The molecule has 0 bridgehead atoms. The number of halogens is 3. The molecule has 184 valence electrons. The van der Waals surface area contributed by atoms with Crippen LogP contribution in [0.25, 0.3) is 0 Å². The maximum atomic E-state index is 13.7. The first-order valence-electron chi connectivity index (χ1n) is 11.7. The molecule has 1 unspecified atom stereocenters. The van der Waals surface area contributed by atoms with Crippen LogP contribution in [0.2, 0.25) is 15.1 Å². The van der Waals surface area contributed by atoms with Gasteiger partial charge in [-0.2, -0.15) is 0 Å². The largest absolute Gasteiger partial charge is 0.354 e. The van der Waals surface area contributed by atoms with E-state index >= 15 is 0 Å². The molecule has 3 rings (SSSR count). The molecular weight excluding hydrogens is 503 g/mol. The Kier molecular flexibility index (Phi) is 10.5. The third kappa shape index (κ3) is 8.28. The van der Waals surface area contributed by atoms with Gasteiger partial charge in [0.05, 0.1) is 16.5 Å². The number of nitrogens with zero attached hydrogens (tertiary/aromatic N) is 1. The molecule has 0 aliphatic heterocycles. The molecule has 0 fully saturated rings. The second kappa shape index (κ2) is 13.5. The zero-order valence-corrected chi connectivity index (χ0v) is 21.9. The Morgan fingerprint density at radius 2 is 1.60 bits per heavy atom. The van der Waals surface area contributed by atoms with Gasteiger partial charge in [-0.25, -0.2) is 0 Å². The van der Waals surface area contributed by atoms with E-state index in [1.165, 1.54) is 0 Å². The molecule has 35 heavy (non-hydrogen) atoms. The van der Waals surface area contributed by atoms with E-state index in [1.807, 2.05) is 48.5 Å². The van der Waals surface area contributed by atoms with E-state index in [0.717, 1.165) is 29.5 Å². The van der Waals surface area contributed by atoms with Gasteiger partial charge in [0.15, 0.2) is 0 Å². The molecule has 1 N–H and O–H groups in total. The number of benzene rings is 3. The van der Waals surface area contributed by atoms with Gasteiger partial charge in [-0.1, -0.05) is 96.7 Å². The second-order valence-corrected chi connectivity index (χ2v) is 9.68. The number of carbonyl (C=O) groups is 2. The molecule has 0 heterocycles. The van der Waals surface area contributed by atoms with Crippen molar-refractivity contribution in [2.75, 3.05) is 6.54 Å². The average molecular weight is 532 g/mol. The Bertz CT molecular complexity index is 1140. The van der Waals surface area contributed by atoms with Gasteiger partial charge in [0.25, 0.3) is 0 Å². The summed E-state index contributed by atoms with van der Waals surface area (Å²) in [7, 11) is 0. The third-order valence-corrected chi connectivity index (χ3v) is 6.66. The number of nitrogens with one attached hydrogen (secondary N) is 1. The fraction of sp³-hybridized carbons (Fsp3) is 0.286. The molecule has 0 radical (unpaired) electrons. The van der Waals surface area contributed by atoms with Gasteiger partial charge in [0.1, 0.15) is 6.04 Å². The van der Waals surface area contributed by atoms with E-state index in [1.54, 1.807) is 29.2 Å². The zero-order chi connectivity index (χ0) is 25.2. The summed E-state index contributed by atoms with van der Waals surface area (Å²) in [5, 5.41) is 4.41. The smallest absolute Gasteiger partial charge is 0.243 e. The van der Waals surface area contributed by atoms with Crippen molar-refractivity contribution >= 4 is 46.6 Å². The summed E-state index contributed by atoms with van der Waals surface area (Å²) in [6.07, 6.45) is 2.32. The molecule has 3 aromatic rings. The third-order valence-electron chi connectivity index (χ3n) is 5.68. The Labute approximate surface area is 222 Å². The van der Waals surface area contributed by atoms with Gasteiger partial charge >= 0.3 is 0 Å². The molecular formula is C28H29Cl3N2O2. The lowest BCUT2D eigenvalue weighted by molar-refractivity contribution is -0.140. The summed E-state index contributed by atoms with van der Waals surface area (Å²) in [6, 6.07) is 21.5. The zero-order valence-electron chi connectivity index (χ0n) is 19.6. The van der Waals surface area contributed by atoms with Crippen molar-refractivity contribution in [1.82, 2.24) is 10.2 Å². The molecule has 0 aromatic heterocycles. The first-order valence-corrected chi connectivity index (χ1v) is 12.8. The minimum atomic E-state index is -0.691. The van der Waals surface area contributed by atoms with Crippen LogP contribution in [0, 0.1) is 0 Å². The van der Waals surface area contributed by atoms with Gasteiger partial charge in [-0.05, 0) is 47.4 Å². The van der Waals surface area contributed by atoms with Crippen molar-refractivity contribution in [3.63, 3.8) is 0 Å². The summed E-state index contributed by atoms with van der Waals surface area (Å²) in [4.78, 5) is 28.7. The summed E-state index contributed by atoms with van der Waals surface area (Å²) < 4.78 is 0. The monoisotopic (exact) mass is 530 g/mol. The highest BCUT2D eigenvalue weighted by atomic mass is 35.5. The molecule has 3 aromatic carbocycles. The fourth-order valence-corrected chi connectivity index (χ4v) is 4.35. The summed E-state index contributed by atoms with van der Waals surface area (Å²) in [5.74, 6) is -0.359. The summed E-state index contributed by atoms with van der Waals surface area (Å²) >= 11 is 18.4. The quantitative estimate of drug-likeness (QED) is 0.278. The average Bonchev–Trinajstić information content (AvgIpc) is 2.84. The molecule has 0 aliphatic rings. The summed E-state index contributed by atoms with van der Waals surface area (Å²) in [6.45, 7) is 2.88. The number of hydrogen-bond donors (Lipinski definition) is 1. The van der Waals surface area contributed by atoms with Gasteiger partial charge in [0.2, 0.25) is 11.8 Å². The van der Waals surface area contributed by atoms with Crippen LogP contribution in [-0.4, -0.2) is 29.3 Å². The van der Waals surface area contributed by atoms with Crippen LogP contribution in [0.15, 0.2) is 72.8 Å². The predicted octanol–water partition coefficient (Wildman–Crippen LogP) is 6.75. The normalized spacial score (nSPS) is 11.7. The van der Waals surface area contributed by atoms with Crippen LogP contribution in [0.3, 0.4) is 0 Å². The SMILES string of the molecule is CCCCNC(=O)C(Cc1ccccc1)N(Cc1cccc(Cl)c1)C(=O)Cc1ccc(Cl)c(Cl)c1. The van der Waals surface area contributed by atoms with Crippen LogP contribution in [0.4, 0.5) is 0 Å². The van der Waals surface area contributed by atoms with Crippen molar-refractivity contribution in [2.24, 2.45) is 0 Å². The minimum absolute atomic E-state index is 0.0883. The van der Waals surface area contributed by atoms with E-state index in [9.17, 15) is 9.59 Å². The Hall–Kier alpha value is -2.53. The predicted molar refractivity (Wildman–Crippen MR) is 144 cm³/mol. The topological polar surface area (TPSA) is 49.4 Å². The van der Waals surface area contributed by atoms with E-state index in [4.69, 9.17) is 34.8 Å². The Balaban J connectivity index is 1.95. The minimum Gasteiger partial charge on any atom is -0.354 e. The number of hydrogen-bond acceptors (Lipinski definition) is 2. The van der Waals surface area contributed by atoms with Crippen LogP contribution in [0.5, 0.6) is 0 Å². The highest BCUT2D eigenvalue weighted by molar-refractivity contribution is 6.42. The molecule has 2 amide bonds. The van der Waals surface area contributed by atoms with Crippen molar-refractivity contribution in [1.29, 1.82) is 0 Å². The lowest BCUT2D eigenvalue weighted by Gasteiger charge is -2.32. The maximum absolute atomic E-state index is 13.7. The van der Waals surface area contributed by atoms with E-state index in [2.05, 4.69) is 12.2 Å². The van der Waals surface area contributed by atoms with Crippen LogP contribution in [0.1, 0.15) is 36.5 Å². The lowest BCUT2D eigenvalue weighted by Crippen LogP contribution is -2.51. The number of rotatable bonds is 11. The van der Waals surface area contributed by atoms with E-state index < -0.39 is 6.04 Å². The number of unbranched alkanes of at least 4 members (excludes halogenated alkanes) is 1. The van der Waals surface area contributed by atoms with Gasteiger partial charge < -0.3 is 10.2 Å². The van der Waals surface area contributed by atoms with Gasteiger partial charge in [-0.3, -0.25) is 9.59 Å². The molecule has 7 heteroatoms. The maximum Gasteiger partial charge on any atom is 0.243 e. The molecule has 1 atom stereocenters.